The average Bonchev–Trinajstić information content (AvgIpc) is 2.44. The SMILES string of the molecule is CCCCn1nc(C)cc1NC=O. The molecule has 1 rings (SSSR count). The van der Waals surface area contributed by atoms with Gasteiger partial charge < -0.3 is 5.32 Å². The summed E-state index contributed by atoms with van der Waals surface area (Å²) in [6.45, 7) is 4.90. The number of nitrogens with one attached hydrogen (secondary N) is 1. The molecule has 0 atom stereocenters. The van der Waals surface area contributed by atoms with Gasteiger partial charge in [0.25, 0.3) is 0 Å². The smallest absolute Gasteiger partial charge is 0.212 e. The van der Waals surface area contributed by atoms with E-state index in [1.807, 2.05) is 17.7 Å². The first-order valence-electron chi connectivity index (χ1n) is 4.52. The van der Waals surface area contributed by atoms with Crippen LogP contribution in [-0.2, 0) is 11.3 Å². The molecule has 0 fully saturated rings. The molecule has 1 heterocycles. The molecule has 1 amide bonds. The summed E-state index contributed by atoms with van der Waals surface area (Å²) >= 11 is 0. The summed E-state index contributed by atoms with van der Waals surface area (Å²) in [5.41, 5.74) is 0.931. The summed E-state index contributed by atoms with van der Waals surface area (Å²) in [5, 5.41) is 6.89. The van der Waals surface area contributed by atoms with Gasteiger partial charge in [0.2, 0.25) is 6.41 Å². The Balaban J connectivity index is 2.71. The molecule has 0 aliphatic heterocycles. The normalized spacial score (nSPS) is 10.0. The van der Waals surface area contributed by atoms with E-state index in [-0.39, 0.29) is 0 Å². The van der Waals surface area contributed by atoms with Crippen LogP contribution in [0.5, 0.6) is 0 Å². The molecule has 0 aliphatic carbocycles. The van der Waals surface area contributed by atoms with Gasteiger partial charge in [-0.25, -0.2) is 4.68 Å². The molecule has 0 saturated heterocycles. The van der Waals surface area contributed by atoms with E-state index in [0.29, 0.717) is 6.41 Å². The maximum Gasteiger partial charge on any atom is 0.212 e. The fourth-order valence-corrected chi connectivity index (χ4v) is 1.20. The topological polar surface area (TPSA) is 46.9 Å². The second-order valence-corrected chi connectivity index (χ2v) is 3.01. The van der Waals surface area contributed by atoms with Gasteiger partial charge in [-0.3, -0.25) is 4.79 Å². The molecule has 4 heteroatoms. The minimum Gasteiger partial charge on any atom is -0.314 e. The lowest BCUT2D eigenvalue weighted by Crippen LogP contribution is -2.06. The molecule has 0 aliphatic rings. The molecule has 72 valence electrons. The molecule has 0 unspecified atom stereocenters. The molecule has 4 nitrogen and oxygen atoms in total. The van der Waals surface area contributed by atoms with Crippen LogP contribution in [0.3, 0.4) is 0 Å². The number of unbranched alkanes of at least 4 members (excludes halogenated alkanes) is 1. The molecule has 1 aromatic heterocycles. The quantitative estimate of drug-likeness (QED) is 0.701. The maximum atomic E-state index is 10.3. The highest BCUT2D eigenvalue weighted by Gasteiger charge is 2.02. The van der Waals surface area contributed by atoms with Crippen LogP contribution in [0.1, 0.15) is 25.5 Å². The van der Waals surface area contributed by atoms with Crippen molar-refractivity contribution in [1.29, 1.82) is 0 Å². The van der Waals surface area contributed by atoms with Crippen LogP contribution < -0.4 is 5.32 Å². The molecule has 13 heavy (non-hydrogen) atoms. The Bertz CT molecular complexity index is 280. The van der Waals surface area contributed by atoms with E-state index in [2.05, 4.69) is 17.3 Å². The molecule has 0 bridgehead atoms. The van der Waals surface area contributed by atoms with Gasteiger partial charge in [0.15, 0.2) is 0 Å². The molecule has 1 N–H and O–H groups in total. The predicted octanol–water partition coefficient (Wildman–Crippen LogP) is 1.56. The summed E-state index contributed by atoms with van der Waals surface area (Å²) in [4.78, 5) is 10.3. The number of hydrogen-bond acceptors (Lipinski definition) is 2. The fourth-order valence-electron chi connectivity index (χ4n) is 1.20. The molecule has 0 aromatic carbocycles. The monoisotopic (exact) mass is 181 g/mol. The van der Waals surface area contributed by atoms with Crippen molar-refractivity contribution in [3.63, 3.8) is 0 Å². The van der Waals surface area contributed by atoms with E-state index in [4.69, 9.17) is 0 Å². The van der Waals surface area contributed by atoms with Gasteiger partial charge in [-0.05, 0) is 13.3 Å². The van der Waals surface area contributed by atoms with Crippen molar-refractivity contribution in [2.24, 2.45) is 0 Å². The first kappa shape index (κ1) is 9.77. The highest BCUT2D eigenvalue weighted by Crippen LogP contribution is 2.09. The van der Waals surface area contributed by atoms with Crippen molar-refractivity contribution in [1.82, 2.24) is 9.78 Å². The number of carbonyl (C=O) groups is 1. The molecular weight excluding hydrogens is 166 g/mol. The Kier molecular flexibility index (Phi) is 3.49. The zero-order valence-electron chi connectivity index (χ0n) is 8.08. The van der Waals surface area contributed by atoms with Gasteiger partial charge in [-0.1, -0.05) is 13.3 Å². The van der Waals surface area contributed by atoms with E-state index >= 15 is 0 Å². The maximum absolute atomic E-state index is 10.3. The predicted molar refractivity (Wildman–Crippen MR) is 51.6 cm³/mol. The summed E-state index contributed by atoms with van der Waals surface area (Å²) < 4.78 is 1.83. The molecule has 1 aromatic rings. The van der Waals surface area contributed by atoms with E-state index < -0.39 is 0 Å². The highest BCUT2D eigenvalue weighted by atomic mass is 16.1. The number of anilines is 1. The number of rotatable bonds is 5. The summed E-state index contributed by atoms with van der Waals surface area (Å²) in [6, 6.07) is 1.87. The molecular formula is C9H15N3O. The summed E-state index contributed by atoms with van der Waals surface area (Å²) in [7, 11) is 0. The number of amides is 1. The summed E-state index contributed by atoms with van der Waals surface area (Å²) in [5.74, 6) is 0.779. The van der Waals surface area contributed by atoms with Crippen molar-refractivity contribution >= 4 is 12.2 Å². The van der Waals surface area contributed by atoms with Gasteiger partial charge in [0, 0.05) is 12.6 Å². The molecule has 0 radical (unpaired) electrons. The second kappa shape index (κ2) is 4.64. The van der Waals surface area contributed by atoms with Crippen LogP contribution in [-0.4, -0.2) is 16.2 Å². The Morgan fingerprint density at radius 3 is 3.08 bits per heavy atom. The third kappa shape index (κ3) is 2.57. The van der Waals surface area contributed by atoms with Crippen LogP contribution in [0.2, 0.25) is 0 Å². The lowest BCUT2D eigenvalue weighted by atomic mass is 10.3. The Labute approximate surface area is 77.9 Å². The zero-order valence-corrected chi connectivity index (χ0v) is 8.08. The largest absolute Gasteiger partial charge is 0.314 e. The van der Waals surface area contributed by atoms with Crippen LogP contribution in [0.15, 0.2) is 6.07 Å². The van der Waals surface area contributed by atoms with Crippen LogP contribution in [0.4, 0.5) is 5.82 Å². The number of aromatic nitrogens is 2. The number of nitrogens with zero attached hydrogens (tertiary/aromatic N) is 2. The minimum absolute atomic E-state index is 0.679. The van der Waals surface area contributed by atoms with Crippen molar-refractivity contribution in [2.45, 2.75) is 33.2 Å². The third-order valence-electron chi connectivity index (χ3n) is 1.83. The minimum atomic E-state index is 0.679. The average molecular weight is 181 g/mol. The standard InChI is InChI=1S/C9H15N3O/c1-3-4-5-12-9(10-7-13)6-8(2)11-12/h6-7H,3-5H2,1-2H3,(H,10,13). The van der Waals surface area contributed by atoms with Crippen molar-refractivity contribution < 1.29 is 4.79 Å². The lowest BCUT2D eigenvalue weighted by molar-refractivity contribution is -0.105. The van der Waals surface area contributed by atoms with Crippen LogP contribution in [0.25, 0.3) is 0 Å². The van der Waals surface area contributed by atoms with Gasteiger partial charge in [0.05, 0.1) is 5.69 Å². The van der Waals surface area contributed by atoms with Crippen LogP contribution >= 0.6 is 0 Å². The van der Waals surface area contributed by atoms with Gasteiger partial charge in [-0.2, -0.15) is 5.10 Å². The number of aryl methyl sites for hydroxylation is 2. The molecule has 0 spiro atoms. The third-order valence-corrected chi connectivity index (χ3v) is 1.83. The highest BCUT2D eigenvalue weighted by molar-refractivity contribution is 5.69. The summed E-state index contributed by atoms with van der Waals surface area (Å²) in [6.07, 6.45) is 2.88. The van der Waals surface area contributed by atoms with Crippen molar-refractivity contribution in [3.8, 4) is 0 Å². The van der Waals surface area contributed by atoms with Gasteiger partial charge in [0.1, 0.15) is 5.82 Å². The first-order chi connectivity index (χ1) is 6.27. The Hall–Kier alpha value is -1.32. The number of hydrogen-bond donors (Lipinski definition) is 1. The van der Waals surface area contributed by atoms with Gasteiger partial charge in [-0.15, -0.1) is 0 Å². The number of carbonyl (C=O) groups excluding carboxylic acids is 1. The second-order valence-electron chi connectivity index (χ2n) is 3.01. The molecule has 0 saturated carbocycles. The van der Waals surface area contributed by atoms with Gasteiger partial charge >= 0.3 is 0 Å². The van der Waals surface area contributed by atoms with Crippen molar-refractivity contribution in [2.75, 3.05) is 5.32 Å². The van der Waals surface area contributed by atoms with Crippen LogP contribution in [0, 0.1) is 6.92 Å². The van der Waals surface area contributed by atoms with E-state index in [1.54, 1.807) is 0 Å². The Morgan fingerprint density at radius 2 is 2.46 bits per heavy atom. The van der Waals surface area contributed by atoms with E-state index in [9.17, 15) is 4.79 Å². The zero-order chi connectivity index (χ0) is 9.68. The fraction of sp³-hybridized carbons (Fsp3) is 0.556. The van der Waals surface area contributed by atoms with E-state index in [0.717, 1.165) is 30.9 Å². The Morgan fingerprint density at radius 1 is 1.69 bits per heavy atom. The van der Waals surface area contributed by atoms with E-state index in [1.165, 1.54) is 0 Å². The first-order valence-corrected chi connectivity index (χ1v) is 4.52. The lowest BCUT2D eigenvalue weighted by Gasteiger charge is -2.03. The van der Waals surface area contributed by atoms with Crippen molar-refractivity contribution in [3.05, 3.63) is 11.8 Å².